The fourth-order valence-corrected chi connectivity index (χ4v) is 1.27. The first-order chi connectivity index (χ1) is 4.39. The second-order valence-electron chi connectivity index (χ2n) is 2.80. The largest absolute Gasteiger partial charge is 0.269 e. The minimum atomic E-state index is 0. The summed E-state index contributed by atoms with van der Waals surface area (Å²) < 4.78 is 0. The molecule has 0 unspecified atom stereocenters. The van der Waals surface area contributed by atoms with Crippen molar-refractivity contribution < 1.29 is 0 Å². The molecule has 0 aromatic rings. The van der Waals surface area contributed by atoms with Gasteiger partial charge in [0.15, 0.2) is 0 Å². The van der Waals surface area contributed by atoms with Gasteiger partial charge in [0.2, 0.25) is 0 Å². The van der Waals surface area contributed by atoms with Gasteiger partial charge < -0.3 is 0 Å². The molecule has 0 aliphatic carbocycles. The van der Waals surface area contributed by atoms with Crippen LogP contribution in [0.4, 0.5) is 0 Å². The Labute approximate surface area is 69.1 Å². The topological polar surface area (TPSA) is 29.3 Å². The van der Waals surface area contributed by atoms with Crippen LogP contribution in [-0.4, -0.2) is 18.1 Å². The average molecular weight is 165 g/mol. The molecule has 10 heavy (non-hydrogen) atoms. The number of hydrogen-bond acceptors (Lipinski definition) is 2. The van der Waals surface area contributed by atoms with Crippen molar-refractivity contribution in [2.75, 3.05) is 13.1 Å². The van der Waals surface area contributed by atoms with E-state index >= 15 is 0 Å². The summed E-state index contributed by atoms with van der Waals surface area (Å²) in [5.41, 5.74) is 0. The fourth-order valence-electron chi connectivity index (χ4n) is 1.27. The molecule has 1 rings (SSSR count). The molecule has 62 valence electrons. The lowest BCUT2D eigenvalue weighted by Gasteiger charge is -2.18. The van der Waals surface area contributed by atoms with Crippen LogP contribution in [0, 0.1) is 0 Å². The number of hydrogen-bond donors (Lipinski definition) is 1. The summed E-state index contributed by atoms with van der Waals surface area (Å²) in [6, 6.07) is 0. The molecule has 2 nitrogen and oxygen atoms in total. The summed E-state index contributed by atoms with van der Waals surface area (Å²) in [4.78, 5) is 0. The molecule has 1 heterocycles. The molecule has 0 atom stereocenters. The molecule has 2 N–H and O–H groups in total. The second-order valence-corrected chi connectivity index (χ2v) is 2.80. The molecule has 0 saturated carbocycles. The zero-order valence-electron chi connectivity index (χ0n) is 6.38. The van der Waals surface area contributed by atoms with Crippen LogP contribution >= 0.6 is 12.4 Å². The SMILES string of the molecule is Cl.NN1CCCCCCC1. The second kappa shape index (κ2) is 5.96. The molecule has 0 bridgehead atoms. The van der Waals surface area contributed by atoms with Crippen LogP contribution < -0.4 is 5.84 Å². The molecule has 1 fully saturated rings. The van der Waals surface area contributed by atoms with Gasteiger partial charge in [0.25, 0.3) is 0 Å². The number of hydrazine groups is 1. The summed E-state index contributed by atoms with van der Waals surface area (Å²) in [5.74, 6) is 5.64. The van der Waals surface area contributed by atoms with Crippen LogP contribution in [0.1, 0.15) is 32.1 Å². The molecular formula is C7H17ClN2. The van der Waals surface area contributed by atoms with Gasteiger partial charge >= 0.3 is 0 Å². The third kappa shape index (κ3) is 4.09. The van der Waals surface area contributed by atoms with Crippen molar-refractivity contribution in [3.8, 4) is 0 Å². The Hall–Kier alpha value is 0.210. The predicted molar refractivity (Wildman–Crippen MR) is 46.1 cm³/mol. The Morgan fingerprint density at radius 3 is 1.70 bits per heavy atom. The van der Waals surface area contributed by atoms with E-state index < -0.39 is 0 Å². The van der Waals surface area contributed by atoms with E-state index in [2.05, 4.69) is 0 Å². The molecule has 0 radical (unpaired) electrons. The maximum atomic E-state index is 5.64. The molecule has 0 spiro atoms. The summed E-state index contributed by atoms with van der Waals surface area (Å²) in [6.45, 7) is 2.19. The first-order valence-corrected chi connectivity index (χ1v) is 3.89. The zero-order chi connectivity index (χ0) is 6.53. The van der Waals surface area contributed by atoms with E-state index in [9.17, 15) is 0 Å². The van der Waals surface area contributed by atoms with Gasteiger partial charge in [-0.3, -0.25) is 5.84 Å². The fraction of sp³-hybridized carbons (Fsp3) is 1.00. The smallest absolute Gasteiger partial charge is 0.0128 e. The van der Waals surface area contributed by atoms with Crippen LogP contribution in [0.2, 0.25) is 0 Å². The van der Waals surface area contributed by atoms with Gasteiger partial charge in [0, 0.05) is 13.1 Å². The average Bonchev–Trinajstić information content (AvgIpc) is 1.79. The highest BCUT2D eigenvalue weighted by molar-refractivity contribution is 5.85. The van der Waals surface area contributed by atoms with Gasteiger partial charge in [-0.05, 0) is 12.8 Å². The zero-order valence-corrected chi connectivity index (χ0v) is 7.20. The standard InChI is InChI=1S/C7H16N2.ClH/c8-9-6-4-2-1-3-5-7-9;/h1-8H2;1H. The third-order valence-electron chi connectivity index (χ3n) is 1.89. The van der Waals surface area contributed by atoms with Crippen molar-refractivity contribution in [3.63, 3.8) is 0 Å². The van der Waals surface area contributed by atoms with Crippen molar-refractivity contribution in [3.05, 3.63) is 0 Å². The van der Waals surface area contributed by atoms with Crippen LogP contribution in [-0.2, 0) is 0 Å². The van der Waals surface area contributed by atoms with Gasteiger partial charge in [-0.2, -0.15) is 0 Å². The monoisotopic (exact) mass is 164 g/mol. The maximum absolute atomic E-state index is 5.64. The summed E-state index contributed by atoms with van der Waals surface area (Å²) in [6.07, 6.45) is 6.72. The molecule has 1 aliphatic rings. The van der Waals surface area contributed by atoms with E-state index in [1.54, 1.807) is 0 Å². The van der Waals surface area contributed by atoms with E-state index in [0.717, 1.165) is 13.1 Å². The van der Waals surface area contributed by atoms with Crippen LogP contribution in [0.5, 0.6) is 0 Å². The molecule has 0 aromatic carbocycles. The predicted octanol–water partition coefficient (Wildman–Crippen LogP) is 1.55. The summed E-state index contributed by atoms with van der Waals surface area (Å²) >= 11 is 0. The first kappa shape index (κ1) is 10.2. The van der Waals surface area contributed by atoms with E-state index in [-0.39, 0.29) is 12.4 Å². The van der Waals surface area contributed by atoms with Gasteiger partial charge in [0.05, 0.1) is 0 Å². The van der Waals surface area contributed by atoms with E-state index in [1.165, 1.54) is 32.1 Å². The Balaban J connectivity index is 0.000000810. The van der Waals surface area contributed by atoms with Gasteiger partial charge in [-0.1, -0.05) is 19.3 Å². The highest BCUT2D eigenvalue weighted by Gasteiger charge is 2.01. The van der Waals surface area contributed by atoms with Crippen LogP contribution in [0.25, 0.3) is 0 Å². The van der Waals surface area contributed by atoms with Gasteiger partial charge in [-0.25, -0.2) is 5.01 Å². The van der Waals surface area contributed by atoms with Crippen LogP contribution in [0.15, 0.2) is 0 Å². The molecule has 0 amide bonds. The normalized spacial score (nSPS) is 22.5. The molecule has 1 saturated heterocycles. The quantitative estimate of drug-likeness (QED) is 0.551. The van der Waals surface area contributed by atoms with E-state index in [0.29, 0.717) is 0 Å². The van der Waals surface area contributed by atoms with Gasteiger partial charge in [-0.15, -0.1) is 12.4 Å². The molecule has 1 aliphatic heterocycles. The van der Waals surface area contributed by atoms with E-state index in [4.69, 9.17) is 5.84 Å². The Morgan fingerprint density at radius 1 is 0.800 bits per heavy atom. The molecular weight excluding hydrogens is 148 g/mol. The Morgan fingerprint density at radius 2 is 1.20 bits per heavy atom. The molecule has 0 aromatic heterocycles. The van der Waals surface area contributed by atoms with Crippen molar-refractivity contribution in [2.45, 2.75) is 32.1 Å². The van der Waals surface area contributed by atoms with Crippen LogP contribution in [0.3, 0.4) is 0 Å². The summed E-state index contributed by atoms with van der Waals surface area (Å²) in [5, 5.41) is 1.94. The minimum Gasteiger partial charge on any atom is -0.269 e. The Kier molecular flexibility index (Phi) is 6.08. The minimum absolute atomic E-state index is 0. The lowest BCUT2D eigenvalue weighted by atomic mass is 10.1. The lowest BCUT2D eigenvalue weighted by Crippen LogP contribution is -2.33. The van der Waals surface area contributed by atoms with E-state index in [1.807, 2.05) is 5.01 Å². The number of halogens is 1. The number of nitrogens with zero attached hydrogens (tertiary/aromatic N) is 1. The Bertz CT molecular complexity index is 70.0. The molecule has 3 heteroatoms. The van der Waals surface area contributed by atoms with Crippen molar-refractivity contribution in [1.29, 1.82) is 0 Å². The first-order valence-electron chi connectivity index (χ1n) is 3.89. The van der Waals surface area contributed by atoms with Gasteiger partial charge in [0.1, 0.15) is 0 Å². The number of nitrogens with two attached hydrogens (primary N) is 1. The number of rotatable bonds is 0. The maximum Gasteiger partial charge on any atom is 0.0128 e. The highest BCUT2D eigenvalue weighted by atomic mass is 35.5. The van der Waals surface area contributed by atoms with Crippen molar-refractivity contribution in [1.82, 2.24) is 5.01 Å². The van der Waals surface area contributed by atoms with Crippen molar-refractivity contribution in [2.24, 2.45) is 5.84 Å². The van der Waals surface area contributed by atoms with Crippen molar-refractivity contribution >= 4 is 12.4 Å². The summed E-state index contributed by atoms with van der Waals surface area (Å²) in [7, 11) is 0. The highest BCUT2D eigenvalue weighted by Crippen LogP contribution is 2.07. The lowest BCUT2D eigenvalue weighted by molar-refractivity contribution is 0.255. The third-order valence-corrected chi connectivity index (χ3v) is 1.89.